The van der Waals surface area contributed by atoms with Gasteiger partial charge in [0.1, 0.15) is 4.90 Å². The number of nitriles is 1. The number of aromatic hydroxyl groups is 1. The third-order valence-corrected chi connectivity index (χ3v) is 5.28. The summed E-state index contributed by atoms with van der Waals surface area (Å²) in [6, 6.07) is 11.3. The van der Waals surface area contributed by atoms with Crippen molar-refractivity contribution in [3.8, 4) is 28.9 Å². The highest BCUT2D eigenvalue weighted by Crippen LogP contribution is 2.34. The lowest BCUT2D eigenvalue weighted by molar-refractivity contribution is -0.117. The monoisotopic (exact) mass is 397 g/mol. The average Bonchev–Trinajstić information content (AvgIpc) is 2.95. The van der Waals surface area contributed by atoms with Crippen LogP contribution in [-0.2, 0) is 14.8 Å². The highest BCUT2D eigenvalue weighted by Gasteiger charge is 2.20. The van der Waals surface area contributed by atoms with Crippen molar-refractivity contribution in [2.75, 3.05) is 0 Å². The topological polar surface area (TPSA) is 138 Å². The van der Waals surface area contributed by atoms with Gasteiger partial charge >= 0.3 is 0 Å². The molecule has 2 heterocycles. The number of aromatic nitrogens is 3. The second kappa shape index (κ2) is 7.13. The maximum atomic E-state index is 12.0. The van der Waals surface area contributed by atoms with E-state index in [2.05, 4.69) is 10.1 Å². The van der Waals surface area contributed by atoms with E-state index in [9.17, 15) is 18.3 Å². The third kappa shape index (κ3) is 3.56. The van der Waals surface area contributed by atoms with E-state index in [-0.39, 0.29) is 16.6 Å². The molecular formula is C18H15N5O4S. The molecule has 0 fully saturated rings. The number of hydrogen-bond acceptors (Lipinski definition) is 7. The van der Waals surface area contributed by atoms with Crippen LogP contribution in [0.15, 0.2) is 47.5 Å². The summed E-state index contributed by atoms with van der Waals surface area (Å²) < 4.78 is 27.0. The Morgan fingerprint density at radius 2 is 1.89 bits per heavy atom. The Labute approximate surface area is 160 Å². The highest BCUT2D eigenvalue weighted by molar-refractivity contribution is 7.90. The zero-order valence-electron chi connectivity index (χ0n) is 14.9. The Hall–Kier alpha value is -3.71. The van der Waals surface area contributed by atoms with Crippen LogP contribution in [0.4, 0.5) is 0 Å². The number of pyridine rings is 1. The molecule has 10 heteroatoms. The number of aryl methyl sites for hydroxylation is 1. The largest absolute Gasteiger partial charge is 0.493 e. The molecule has 0 aliphatic heterocycles. The summed E-state index contributed by atoms with van der Waals surface area (Å²) in [6.07, 6.45) is 1.07. The van der Waals surface area contributed by atoms with Crippen LogP contribution in [-0.4, -0.2) is 34.2 Å². The van der Waals surface area contributed by atoms with Gasteiger partial charge in [0, 0.05) is 13.1 Å². The summed E-state index contributed by atoms with van der Waals surface area (Å²) >= 11 is 0. The van der Waals surface area contributed by atoms with Gasteiger partial charge < -0.3 is 5.11 Å². The first-order valence-electron chi connectivity index (χ1n) is 8.02. The molecule has 0 saturated carbocycles. The van der Waals surface area contributed by atoms with Crippen molar-refractivity contribution in [3.63, 3.8) is 0 Å². The molecule has 0 bridgehead atoms. The lowest BCUT2D eigenvalue weighted by atomic mass is 10.0. The van der Waals surface area contributed by atoms with E-state index >= 15 is 0 Å². The second-order valence-corrected chi connectivity index (χ2v) is 7.58. The number of nitrogens with zero attached hydrogens (tertiary/aromatic N) is 4. The SMILES string of the molecule is CC(=O)NS(=O)(=O)c1ccc(-n2nc(C)c(-c3ccc(C#N)cc3)c2O)nc1. The predicted molar refractivity (Wildman–Crippen MR) is 98.9 cm³/mol. The van der Waals surface area contributed by atoms with E-state index in [1.165, 1.54) is 16.8 Å². The highest BCUT2D eigenvalue weighted by atomic mass is 32.2. The number of sulfonamides is 1. The summed E-state index contributed by atoms with van der Waals surface area (Å²) in [5.41, 5.74) is 2.16. The number of hydrogen-bond donors (Lipinski definition) is 2. The fourth-order valence-corrected chi connectivity index (χ4v) is 3.56. The molecule has 2 aromatic heterocycles. The number of nitrogens with one attached hydrogen (secondary N) is 1. The van der Waals surface area contributed by atoms with Crippen molar-refractivity contribution in [1.82, 2.24) is 19.5 Å². The summed E-state index contributed by atoms with van der Waals surface area (Å²) in [5.74, 6) is -0.689. The number of carbonyl (C=O) groups is 1. The molecule has 142 valence electrons. The standard InChI is InChI=1S/C18H15N5O4S/c1-11-17(14-5-3-13(9-19)4-6-14)18(25)23(21-11)16-8-7-15(10-20-16)28(26,27)22-12(2)24/h3-8,10,25H,1-2H3,(H,22,24). The zero-order chi connectivity index (χ0) is 20.5. The Morgan fingerprint density at radius 3 is 2.43 bits per heavy atom. The molecule has 0 saturated heterocycles. The molecule has 2 N–H and O–H groups in total. The van der Waals surface area contributed by atoms with Gasteiger partial charge in [0.15, 0.2) is 5.82 Å². The van der Waals surface area contributed by atoms with E-state index in [4.69, 9.17) is 5.26 Å². The van der Waals surface area contributed by atoms with Crippen LogP contribution in [0.3, 0.4) is 0 Å². The maximum Gasteiger partial charge on any atom is 0.265 e. The predicted octanol–water partition coefficient (Wildman–Crippen LogP) is 1.64. The fraction of sp³-hybridized carbons (Fsp3) is 0.111. The molecule has 0 radical (unpaired) electrons. The van der Waals surface area contributed by atoms with Gasteiger partial charge in [-0.15, -0.1) is 0 Å². The van der Waals surface area contributed by atoms with Crippen LogP contribution in [0.25, 0.3) is 16.9 Å². The van der Waals surface area contributed by atoms with Gasteiger partial charge in [-0.25, -0.2) is 18.1 Å². The molecule has 28 heavy (non-hydrogen) atoms. The summed E-state index contributed by atoms with van der Waals surface area (Å²) in [7, 11) is -4.00. The number of benzene rings is 1. The van der Waals surface area contributed by atoms with Crippen LogP contribution in [0.5, 0.6) is 5.88 Å². The second-order valence-electron chi connectivity index (χ2n) is 5.90. The van der Waals surface area contributed by atoms with Gasteiger partial charge in [-0.2, -0.15) is 15.0 Å². The number of rotatable bonds is 4. The summed E-state index contributed by atoms with van der Waals surface area (Å²) in [6.45, 7) is 2.80. The molecule has 3 rings (SSSR count). The van der Waals surface area contributed by atoms with Gasteiger partial charge in [-0.3, -0.25) is 4.79 Å². The molecule has 0 unspecified atom stereocenters. The normalized spacial score (nSPS) is 11.0. The van der Waals surface area contributed by atoms with Crippen molar-refractivity contribution >= 4 is 15.9 Å². The van der Waals surface area contributed by atoms with Crippen molar-refractivity contribution < 1.29 is 18.3 Å². The molecule has 1 aromatic carbocycles. The van der Waals surface area contributed by atoms with Crippen LogP contribution in [0.1, 0.15) is 18.2 Å². The minimum Gasteiger partial charge on any atom is -0.493 e. The van der Waals surface area contributed by atoms with E-state index in [0.717, 1.165) is 13.1 Å². The fourth-order valence-electron chi connectivity index (χ4n) is 2.63. The van der Waals surface area contributed by atoms with Crippen molar-refractivity contribution in [3.05, 3.63) is 53.9 Å². The van der Waals surface area contributed by atoms with E-state index in [1.54, 1.807) is 31.2 Å². The van der Waals surface area contributed by atoms with Crippen molar-refractivity contribution in [1.29, 1.82) is 5.26 Å². The Bertz CT molecular complexity index is 1190. The third-order valence-electron chi connectivity index (χ3n) is 3.86. The van der Waals surface area contributed by atoms with E-state index in [1.807, 2.05) is 10.8 Å². The van der Waals surface area contributed by atoms with Crippen molar-refractivity contribution in [2.45, 2.75) is 18.7 Å². The van der Waals surface area contributed by atoms with E-state index < -0.39 is 15.9 Å². The molecule has 9 nitrogen and oxygen atoms in total. The summed E-state index contributed by atoms with van der Waals surface area (Å²) in [5, 5.41) is 23.8. The average molecular weight is 397 g/mol. The van der Waals surface area contributed by atoms with E-state index in [0.29, 0.717) is 22.4 Å². The quantitative estimate of drug-likeness (QED) is 0.682. The molecule has 0 spiro atoms. The maximum absolute atomic E-state index is 12.0. The van der Waals surface area contributed by atoms with Crippen LogP contribution >= 0.6 is 0 Å². The Balaban J connectivity index is 1.99. The van der Waals surface area contributed by atoms with Gasteiger partial charge in [-0.1, -0.05) is 12.1 Å². The molecule has 1 amide bonds. The molecule has 0 aliphatic carbocycles. The van der Waals surface area contributed by atoms with Gasteiger partial charge in [0.2, 0.25) is 11.8 Å². The van der Waals surface area contributed by atoms with Crippen LogP contribution < -0.4 is 4.72 Å². The molecular weight excluding hydrogens is 382 g/mol. The lowest BCUT2D eigenvalue weighted by Gasteiger charge is -2.06. The molecule has 3 aromatic rings. The zero-order valence-corrected chi connectivity index (χ0v) is 15.7. The molecule has 0 aliphatic rings. The lowest BCUT2D eigenvalue weighted by Crippen LogP contribution is -2.28. The van der Waals surface area contributed by atoms with Crippen molar-refractivity contribution in [2.24, 2.45) is 0 Å². The minimum atomic E-state index is -4.00. The Morgan fingerprint density at radius 1 is 1.21 bits per heavy atom. The first kappa shape index (κ1) is 19.1. The number of carbonyl (C=O) groups excluding carboxylic acids is 1. The summed E-state index contributed by atoms with van der Waals surface area (Å²) in [4.78, 5) is 14.8. The van der Waals surface area contributed by atoms with Gasteiger partial charge in [0.25, 0.3) is 10.0 Å². The Kier molecular flexibility index (Phi) is 4.85. The van der Waals surface area contributed by atoms with Crippen LogP contribution in [0, 0.1) is 18.3 Å². The van der Waals surface area contributed by atoms with Gasteiger partial charge in [0.05, 0.1) is 22.9 Å². The number of amides is 1. The first-order chi connectivity index (χ1) is 13.2. The van der Waals surface area contributed by atoms with Crippen LogP contribution in [0.2, 0.25) is 0 Å². The smallest absolute Gasteiger partial charge is 0.265 e. The minimum absolute atomic E-state index is 0.174. The first-order valence-corrected chi connectivity index (χ1v) is 9.50. The molecule has 0 atom stereocenters. The van der Waals surface area contributed by atoms with Gasteiger partial charge in [-0.05, 0) is 36.8 Å².